The number of aliphatic hydroxyl groups excluding tert-OH is 2. The number of carbonyl (C=O) groups excluding carboxylic acids is 2. The molecule has 0 aromatic heterocycles. The predicted octanol–water partition coefficient (Wildman–Crippen LogP) is 17.3. The quantitative estimate of drug-likeness (QED) is 0.0244. The highest BCUT2D eigenvalue weighted by atomic mass is 16.5. The van der Waals surface area contributed by atoms with Crippen molar-refractivity contribution < 1.29 is 24.5 Å². The van der Waals surface area contributed by atoms with Gasteiger partial charge in [-0.2, -0.15) is 0 Å². The van der Waals surface area contributed by atoms with Crippen LogP contribution in [0.1, 0.15) is 271 Å². The highest BCUT2D eigenvalue weighted by molar-refractivity contribution is 5.77. The average Bonchev–Trinajstić information content (AvgIpc) is 3.31. The number of hydrogen-bond acceptors (Lipinski definition) is 5. The number of hydrogen-bond donors (Lipinski definition) is 3. The Balaban J connectivity index is 4.67. The maximum absolute atomic E-state index is 13.2. The van der Waals surface area contributed by atoms with Crippen LogP contribution in [0.15, 0.2) is 72.9 Å². The molecule has 6 nitrogen and oxygen atoms in total. The highest BCUT2D eigenvalue weighted by Crippen LogP contribution is 2.17. The minimum absolute atomic E-state index is 0.0297. The van der Waals surface area contributed by atoms with Crippen molar-refractivity contribution >= 4 is 11.9 Å². The third-order valence-electron chi connectivity index (χ3n) is 12.5. The molecule has 0 fully saturated rings. The Labute approximate surface area is 409 Å². The molecule has 0 saturated heterocycles. The van der Waals surface area contributed by atoms with Crippen LogP contribution < -0.4 is 5.32 Å². The molecular formula is C60H107NO5. The van der Waals surface area contributed by atoms with E-state index in [-0.39, 0.29) is 24.9 Å². The van der Waals surface area contributed by atoms with Crippen LogP contribution in [0.25, 0.3) is 0 Å². The summed E-state index contributed by atoms with van der Waals surface area (Å²) in [6, 6.07) is -0.726. The molecule has 3 unspecified atom stereocenters. The zero-order valence-corrected chi connectivity index (χ0v) is 43.6. The lowest BCUT2D eigenvalue weighted by Gasteiger charge is -2.24. The first-order valence-corrected chi connectivity index (χ1v) is 28.2. The molecule has 3 atom stereocenters. The second-order valence-corrected chi connectivity index (χ2v) is 19.0. The fourth-order valence-electron chi connectivity index (χ4n) is 8.23. The zero-order valence-electron chi connectivity index (χ0n) is 43.6. The van der Waals surface area contributed by atoms with Crippen molar-refractivity contribution in [1.82, 2.24) is 5.32 Å². The number of nitrogens with one attached hydrogen (secondary N) is 1. The Morgan fingerprint density at radius 1 is 0.455 bits per heavy atom. The predicted molar refractivity (Wildman–Crippen MR) is 287 cm³/mol. The van der Waals surface area contributed by atoms with Crippen molar-refractivity contribution in [3.05, 3.63) is 72.9 Å². The first-order chi connectivity index (χ1) is 32.5. The van der Waals surface area contributed by atoms with E-state index in [9.17, 15) is 19.8 Å². The maximum Gasteiger partial charge on any atom is 0.306 e. The molecule has 1 amide bonds. The van der Waals surface area contributed by atoms with Gasteiger partial charge in [-0.05, 0) is 89.9 Å². The zero-order chi connectivity index (χ0) is 48.1. The summed E-state index contributed by atoms with van der Waals surface area (Å²) in [7, 11) is 0. The van der Waals surface area contributed by atoms with Crippen LogP contribution in [0.5, 0.6) is 0 Å². The van der Waals surface area contributed by atoms with Gasteiger partial charge in [0, 0.05) is 6.42 Å². The van der Waals surface area contributed by atoms with Crippen LogP contribution in [0.3, 0.4) is 0 Å². The molecule has 0 saturated carbocycles. The molecule has 0 aliphatic carbocycles. The van der Waals surface area contributed by atoms with Gasteiger partial charge in [-0.1, -0.05) is 241 Å². The van der Waals surface area contributed by atoms with E-state index >= 15 is 0 Å². The molecular weight excluding hydrogens is 815 g/mol. The van der Waals surface area contributed by atoms with E-state index in [2.05, 4.69) is 99.0 Å². The molecule has 3 N–H and O–H groups in total. The fourth-order valence-corrected chi connectivity index (χ4v) is 8.23. The van der Waals surface area contributed by atoms with Gasteiger partial charge in [-0.15, -0.1) is 0 Å². The van der Waals surface area contributed by atoms with Gasteiger partial charge in [0.1, 0.15) is 6.10 Å². The molecule has 0 rings (SSSR count). The molecule has 0 heterocycles. The summed E-state index contributed by atoms with van der Waals surface area (Å²) in [6.07, 6.45) is 68.2. The topological polar surface area (TPSA) is 95.9 Å². The molecule has 382 valence electrons. The van der Waals surface area contributed by atoms with Gasteiger partial charge in [0.2, 0.25) is 5.91 Å². The van der Waals surface area contributed by atoms with Crippen LogP contribution in [-0.4, -0.2) is 46.9 Å². The summed E-state index contributed by atoms with van der Waals surface area (Å²) in [6.45, 7) is 6.44. The summed E-state index contributed by atoms with van der Waals surface area (Å²) >= 11 is 0. The average molecular weight is 923 g/mol. The monoisotopic (exact) mass is 922 g/mol. The van der Waals surface area contributed by atoms with E-state index < -0.39 is 18.2 Å². The van der Waals surface area contributed by atoms with Crippen LogP contribution in [0.4, 0.5) is 0 Å². The first-order valence-electron chi connectivity index (χ1n) is 28.2. The van der Waals surface area contributed by atoms with Crippen molar-refractivity contribution in [1.29, 1.82) is 0 Å². The molecule has 0 aliphatic rings. The fraction of sp³-hybridized carbons (Fsp3) is 0.767. The molecule has 0 aromatic carbocycles. The SMILES string of the molecule is CCCCC/C=C\C/C=C\C/C=C\C/C=C\CCCCCC(=O)OC(CCC/C=C/C=C/CCCCCCCCC)CC(=O)NC(CO)C(O)CCCCCCCCCCCCCCCC. The van der Waals surface area contributed by atoms with Crippen LogP contribution in [0, 0.1) is 0 Å². The molecule has 0 aliphatic heterocycles. The molecule has 0 aromatic rings. The Morgan fingerprint density at radius 3 is 1.32 bits per heavy atom. The maximum atomic E-state index is 13.2. The molecule has 6 heteroatoms. The number of unbranched alkanes of at least 4 members (excludes halogenated alkanes) is 27. The minimum atomic E-state index is -0.808. The largest absolute Gasteiger partial charge is 0.462 e. The first kappa shape index (κ1) is 63.3. The third-order valence-corrected chi connectivity index (χ3v) is 12.5. The second kappa shape index (κ2) is 53.3. The highest BCUT2D eigenvalue weighted by Gasteiger charge is 2.24. The minimum Gasteiger partial charge on any atom is -0.462 e. The van der Waals surface area contributed by atoms with Gasteiger partial charge in [0.05, 0.1) is 25.2 Å². The number of esters is 1. The third kappa shape index (κ3) is 47.8. The van der Waals surface area contributed by atoms with E-state index in [0.717, 1.165) is 83.5 Å². The number of aliphatic hydroxyl groups is 2. The summed E-state index contributed by atoms with van der Waals surface area (Å²) in [4.78, 5) is 26.2. The van der Waals surface area contributed by atoms with Gasteiger partial charge in [0.25, 0.3) is 0 Å². The van der Waals surface area contributed by atoms with Crippen molar-refractivity contribution in [2.45, 2.75) is 289 Å². The molecule has 66 heavy (non-hydrogen) atoms. The van der Waals surface area contributed by atoms with Gasteiger partial charge in [-0.25, -0.2) is 0 Å². The summed E-state index contributed by atoms with van der Waals surface area (Å²) in [5.41, 5.74) is 0. The summed E-state index contributed by atoms with van der Waals surface area (Å²) in [5, 5.41) is 23.8. The Bertz CT molecular complexity index is 1220. The van der Waals surface area contributed by atoms with E-state index in [1.165, 1.54) is 141 Å². The normalized spacial score (nSPS) is 13.7. The van der Waals surface area contributed by atoms with Gasteiger partial charge >= 0.3 is 5.97 Å². The molecule has 0 radical (unpaired) electrons. The van der Waals surface area contributed by atoms with Crippen LogP contribution >= 0.6 is 0 Å². The van der Waals surface area contributed by atoms with Crippen molar-refractivity contribution in [2.75, 3.05) is 6.61 Å². The smallest absolute Gasteiger partial charge is 0.306 e. The van der Waals surface area contributed by atoms with Crippen molar-refractivity contribution in [3.8, 4) is 0 Å². The Kier molecular flexibility index (Phi) is 51.1. The number of ether oxygens (including phenoxy) is 1. The number of rotatable bonds is 50. The Morgan fingerprint density at radius 2 is 0.833 bits per heavy atom. The van der Waals surface area contributed by atoms with Gasteiger partial charge in [-0.3, -0.25) is 9.59 Å². The van der Waals surface area contributed by atoms with Crippen molar-refractivity contribution in [3.63, 3.8) is 0 Å². The van der Waals surface area contributed by atoms with Crippen LogP contribution in [0.2, 0.25) is 0 Å². The van der Waals surface area contributed by atoms with E-state index in [1.807, 2.05) is 0 Å². The summed E-state index contributed by atoms with van der Waals surface area (Å²) in [5.74, 6) is -0.555. The van der Waals surface area contributed by atoms with Crippen LogP contribution in [-0.2, 0) is 14.3 Å². The standard InChI is InChI=1S/C60H107NO5/c1-4-7-10-13-16-19-22-25-28-29-30-31-32-35-38-41-44-47-50-53-60(65)66-56(51-48-45-42-39-36-33-26-23-20-17-14-11-8-5-2)54-59(64)61-57(55-62)58(63)52-49-46-43-40-37-34-27-24-21-18-15-12-9-6-3/h16,19,25,28,30-31,33,35-36,38-39,42,56-58,62-63H,4-15,17-18,20-24,26-27,29,32,34,37,40-41,43-55H2,1-3H3,(H,61,64)/b19-16-,28-25-,31-30-,36-33+,38-35-,42-39+. The number of amides is 1. The van der Waals surface area contributed by atoms with E-state index in [4.69, 9.17) is 4.74 Å². The lowest BCUT2D eigenvalue weighted by molar-refractivity contribution is -0.151. The van der Waals surface area contributed by atoms with Gasteiger partial charge < -0.3 is 20.3 Å². The lowest BCUT2D eigenvalue weighted by Crippen LogP contribution is -2.46. The van der Waals surface area contributed by atoms with Crippen molar-refractivity contribution in [2.24, 2.45) is 0 Å². The second-order valence-electron chi connectivity index (χ2n) is 19.0. The molecule has 0 spiro atoms. The Hall–Kier alpha value is -2.70. The van der Waals surface area contributed by atoms with E-state index in [0.29, 0.717) is 19.3 Å². The van der Waals surface area contributed by atoms with Gasteiger partial charge in [0.15, 0.2) is 0 Å². The van der Waals surface area contributed by atoms with E-state index in [1.54, 1.807) is 0 Å². The lowest BCUT2D eigenvalue weighted by atomic mass is 10.0. The number of allylic oxidation sites excluding steroid dienone is 12. The number of carbonyl (C=O) groups is 2. The summed E-state index contributed by atoms with van der Waals surface area (Å²) < 4.78 is 5.91. The molecule has 0 bridgehead atoms.